The first kappa shape index (κ1) is 18.1. The molecule has 1 N–H and O–H groups in total. The van der Waals surface area contributed by atoms with Crippen molar-refractivity contribution in [3.8, 4) is 11.5 Å². The topological polar surface area (TPSA) is 73.3 Å². The number of carbonyl (C=O) groups is 1. The molecule has 136 valence electrons. The van der Waals surface area contributed by atoms with Crippen LogP contribution in [0.5, 0.6) is 11.5 Å². The Morgan fingerprint density at radius 3 is 2.67 bits per heavy atom. The number of aromatic nitrogens is 2. The molecule has 0 bridgehead atoms. The molecule has 2 aromatic heterocycles. The summed E-state index contributed by atoms with van der Waals surface area (Å²) in [5.41, 5.74) is 2.31. The summed E-state index contributed by atoms with van der Waals surface area (Å²) < 4.78 is 11.2. The fourth-order valence-corrected chi connectivity index (χ4v) is 2.33. The normalized spacial score (nSPS) is 10.6. The van der Waals surface area contributed by atoms with E-state index in [2.05, 4.69) is 15.3 Å². The van der Waals surface area contributed by atoms with Gasteiger partial charge in [-0.1, -0.05) is 6.07 Å². The molecular weight excluding hydrogens is 342 g/mol. The number of methoxy groups -OCH3 is 1. The van der Waals surface area contributed by atoms with E-state index in [4.69, 9.17) is 9.47 Å². The molecule has 3 rings (SSSR count). The number of benzene rings is 1. The highest BCUT2D eigenvalue weighted by molar-refractivity contribution is 6.01. The summed E-state index contributed by atoms with van der Waals surface area (Å²) in [5, 5.41) is 2.80. The molecule has 0 aliphatic heterocycles. The first-order valence-electron chi connectivity index (χ1n) is 8.34. The second kappa shape index (κ2) is 9.15. The van der Waals surface area contributed by atoms with Crippen molar-refractivity contribution in [2.24, 2.45) is 0 Å². The highest BCUT2D eigenvalue weighted by atomic mass is 16.5. The van der Waals surface area contributed by atoms with Crippen molar-refractivity contribution in [1.82, 2.24) is 9.97 Å². The van der Waals surface area contributed by atoms with Crippen molar-refractivity contribution >= 4 is 17.7 Å². The second-order valence-electron chi connectivity index (χ2n) is 5.59. The van der Waals surface area contributed by atoms with Crippen LogP contribution < -0.4 is 14.8 Å². The maximum absolute atomic E-state index is 12.1. The van der Waals surface area contributed by atoms with Crippen molar-refractivity contribution in [3.05, 3.63) is 84.5 Å². The molecule has 0 saturated carbocycles. The zero-order valence-electron chi connectivity index (χ0n) is 14.8. The molecule has 0 atom stereocenters. The molecule has 6 nitrogen and oxygen atoms in total. The summed E-state index contributed by atoms with van der Waals surface area (Å²) in [7, 11) is 1.57. The van der Waals surface area contributed by atoms with Gasteiger partial charge in [0.25, 0.3) is 0 Å². The second-order valence-corrected chi connectivity index (χ2v) is 5.59. The number of rotatable bonds is 7. The quantitative estimate of drug-likeness (QED) is 0.649. The van der Waals surface area contributed by atoms with Crippen LogP contribution in [0, 0.1) is 0 Å². The lowest BCUT2D eigenvalue weighted by molar-refractivity contribution is -0.111. The summed E-state index contributed by atoms with van der Waals surface area (Å²) >= 11 is 0. The van der Waals surface area contributed by atoms with Crippen molar-refractivity contribution in [2.75, 3.05) is 12.4 Å². The van der Waals surface area contributed by atoms with Gasteiger partial charge in [-0.25, -0.2) is 0 Å². The van der Waals surface area contributed by atoms with Crippen LogP contribution in [0.2, 0.25) is 0 Å². The number of nitrogens with one attached hydrogen (secondary N) is 1. The molecule has 0 saturated heterocycles. The summed E-state index contributed by atoms with van der Waals surface area (Å²) in [6.45, 7) is 0.371. The molecule has 0 fully saturated rings. The van der Waals surface area contributed by atoms with Gasteiger partial charge in [-0.05, 0) is 48.0 Å². The third-order valence-corrected chi connectivity index (χ3v) is 3.67. The van der Waals surface area contributed by atoms with Crippen molar-refractivity contribution in [1.29, 1.82) is 0 Å². The van der Waals surface area contributed by atoms with E-state index in [1.165, 1.54) is 6.08 Å². The molecular formula is C21H19N3O3. The number of nitrogens with zero attached hydrogens (tertiary/aromatic N) is 2. The Labute approximate surface area is 157 Å². The maximum atomic E-state index is 12.1. The Bertz CT molecular complexity index is 912. The molecule has 0 radical (unpaired) electrons. The molecule has 3 aromatic rings. The summed E-state index contributed by atoms with van der Waals surface area (Å²) in [5.74, 6) is 0.873. The van der Waals surface area contributed by atoms with Crippen LogP contribution in [0.4, 0.5) is 5.69 Å². The number of ether oxygens (including phenoxy) is 2. The Morgan fingerprint density at radius 2 is 1.93 bits per heavy atom. The highest BCUT2D eigenvalue weighted by Crippen LogP contribution is 2.31. The van der Waals surface area contributed by atoms with Crippen LogP contribution in [0.15, 0.2) is 73.2 Å². The van der Waals surface area contributed by atoms with Gasteiger partial charge in [0.05, 0.1) is 12.8 Å². The third kappa shape index (κ3) is 5.40. The smallest absolute Gasteiger partial charge is 0.248 e. The standard InChI is InChI=1S/C21H19N3O3/c1-26-19-7-5-18(14-20(19)27-15-16-9-12-22-13-10-16)24-21(25)8-6-17-4-2-3-11-23-17/h2-14H,15H2,1H3,(H,24,25)/b8-6+. The molecule has 0 spiro atoms. The van der Waals surface area contributed by atoms with Gasteiger partial charge in [0.15, 0.2) is 11.5 Å². The number of anilines is 1. The predicted octanol–water partition coefficient (Wildman–Crippen LogP) is 3.72. The Morgan fingerprint density at radius 1 is 1.07 bits per heavy atom. The lowest BCUT2D eigenvalue weighted by atomic mass is 10.2. The van der Waals surface area contributed by atoms with Crippen LogP contribution in [-0.4, -0.2) is 23.0 Å². The Kier molecular flexibility index (Phi) is 6.14. The molecule has 0 unspecified atom stereocenters. The first-order valence-corrected chi connectivity index (χ1v) is 8.34. The number of amides is 1. The lowest BCUT2D eigenvalue weighted by Crippen LogP contribution is -2.08. The summed E-state index contributed by atoms with van der Waals surface area (Å²) in [4.78, 5) is 20.2. The van der Waals surface area contributed by atoms with Crippen LogP contribution >= 0.6 is 0 Å². The van der Waals surface area contributed by atoms with Crippen LogP contribution in [-0.2, 0) is 11.4 Å². The number of carbonyl (C=O) groups excluding carboxylic acids is 1. The molecule has 2 heterocycles. The third-order valence-electron chi connectivity index (χ3n) is 3.67. The van der Waals surface area contributed by atoms with E-state index in [9.17, 15) is 4.79 Å². The average Bonchev–Trinajstić information content (AvgIpc) is 2.72. The van der Waals surface area contributed by atoms with E-state index in [1.807, 2.05) is 30.3 Å². The van der Waals surface area contributed by atoms with Crippen LogP contribution in [0.1, 0.15) is 11.3 Å². The monoisotopic (exact) mass is 361 g/mol. The molecule has 6 heteroatoms. The van der Waals surface area contributed by atoms with E-state index >= 15 is 0 Å². The Balaban J connectivity index is 1.67. The van der Waals surface area contributed by atoms with Crippen LogP contribution in [0.3, 0.4) is 0 Å². The van der Waals surface area contributed by atoms with Gasteiger partial charge in [0, 0.05) is 36.4 Å². The fourth-order valence-electron chi connectivity index (χ4n) is 2.33. The fraction of sp³-hybridized carbons (Fsp3) is 0.0952. The van der Waals surface area contributed by atoms with Gasteiger partial charge in [0.2, 0.25) is 5.91 Å². The Hall–Kier alpha value is -3.67. The molecule has 0 aliphatic carbocycles. The minimum atomic E-state index is -0.258. The van der Waals surface area contributed by atoms with E-state index in [-0.39, 0.29) is 5.91 Å². The highest BCUT2D eigenvalue weighted by Gasteiger charge is 2.08. The van der Waals surface area contributed by atoms with Gasteiger partial charge in [-0.15, -0.1) is 0 Å². The summed E-state index contributed by atoms with van der Waals surface area (Å²) in [6.07, 6.45) is 8.18. The van der Waals surface area contributed by atoms with Gasteiger partial charge in [-0.2, -0.15) is 0 Å². The lowest BCUT2D eigenvalue weighted by Gasteiger charge is -2.12. The van der Waals surface area contributed by atoms with Gasteiger partial charge >= 0.3 is 0 Å². The first-order chi connectivity index (χ1) is 13.2. The zero-order chi connectivity index (χ0) is 18.9. The number of hydrogen-bond acceptors (Lipinski definition) is 5. The average molecular weight is 361 g/mol. The number of pyridine rings is 2. The van der Waals surface area contributed by atoms with E-state index < -0.39 is 0 Å². The van der Waals surface area contributed by atoms with Crippen molar-refractivity contribution in [2.45, 2.75) is 6.61 Å². The molecule has 0 aliphatic rings. The van der Waals surface area contributed by atoms with Crippen LogP contribution in [0.25, 0.3) is 6.08 Å². The van der Waals surface area contributed by atoms with Gasteiger partial charge in [-0.3, -0.25) is 14.8 Å². The largest absolute Gasteiger partial charge is 0.493 e. The van der Waals surface area contributed by atoms with Crippen molar-refractivity contribution < 1.29 is 14.3 Å². The number of hydrogen-bond donors (Lipinski definition) is 1. The van der Waals surface area contributed by atoms with E-state index in [1.54, 1.807) is 50.0 Å². The minimum Gasteiger partial charge on any atom is -0.493 e. The van der Waals surface area contributed by atoms with Gasteiger partial charge in [0.1, 0.15) is 6.61 Å². The van der Waals surface area contributed by atoms with E-state index in [0.29, 0.717) is 29.5 Å². The molecule has 27 heavy (non-hydrogen) atoms. The molecule has 1 aromatic carbocycles. The maximum Gasteiger partial charge on any atom is 0.248 e. The van der Waals surface area contributed by atoms with Gasteiger partial charge < -0.3 is 14.8 Å². The van der Waals surface area contributed by atoms with Crippen molar-refractivity contribution in [3.63, 3.8) is 0 Å². The van der Waals surface area contributed by atoms with E-state index in [0.717, 1.165) is 5.56 Å². The summed E-state index contributed by atoms with van der Waals surface area (Å²) in [6, 6.07) is 14.5. The minimum absolute atomic E-state index is 0.258. The molecule has 1 amide bonds. The SMILES string of the molecule is COc1ccc(NC(=O)/C=C/c2ccccn2)cc1OCc1ccncc1. The zero-order valence-corrected chi connectivity index (χ0v) is 14.8. The predicted molar refractivity (Wildman–Crippen MR) is 103 cm³/mol.